The summed E-state index contributed by atoms with van der Waals surface area (Å²) in [6.45, 7) is 0. The summed E-state index contributed by atoms with van der Waals surface area (Å²) >= 11 is 5.85. The monoisotopic (exact) mass is 270 g/mol. The Kier molecular flexibility index (Phi) is 2.97. The lowest BCUT2D eigenvalue weighted by molar-refractivity contribution is 0.488. The number of rotatable bonds is 2. The Morgan fingerprint density at radius 3 is 2.58 bits per heavy atom. The molecular weight excluding hydrogens is 260 g/mol. The van der Waals surface area contributed by atoms with Crippen LogP contribution >= 0.6 is 11.6 Å². The van der Waals surface area contributed by atoms with Gasteiger partial charge in [0.05, 0.1) is 5.52 Å². The molecule has 1 heterocycles. The van der Waals surface area contributed by atoms with Crippen LogP contribution in [0.2, 0.25) is 5.02 Å². The van der Waals surface area contributed by atoms with E-state index < -0.39 is 0 Å². The van der Waals surface area contributed by atoms with Crippen molar-refractivity contribution in [3.63, 3.8) is 0 Å². The molecule has 2 N–H and O–H groups in total. The first kappa shape index (κ1) is 11.8. The lowest BCUT2D eigenvalue weighted by atomic mass is 10.2. The van der Waals surface area contributed by atoms with E-state index in [4.69, 9.17) is 22.1 Å². The number of nitrogens with two attached hydrogens (primary N) is 1. The van der Waals surface area contributed by atoms with E-state index in [1.54, 1.807) is 18.3 Å². The molecule has 3 nitrogen and oxygen atoms in total. The lowest BCUT2D eigenvalue weighted by Crippen LogP contribution is -1.89. The van der Waals surface area contributed by atoms with Crippen molar-refractivity contribution in [3.8, 4) is 11.5 Å². The van der Waals surface area contributed by atoms with Gasteiger partial charge in [-0.1, -0.05) is 11.6 Å². The van der Waals surface area contributed by atoms with Crippen LogP contribution in [0.15, 0.2) is 54.7 Å². The molecule has 0 amide bonds. The molecule has 0 bridgehead atoms. The average Bonchev–Trinajstić information content (AvgIpc) is 2.41. The zero-order valence-corrected chi connectivity index (χ0v) is 10.8. The molecular formula is C15H11ClN2O. The number of halogens is 1. The molecule has 0 saturated heterocycles. The molecule has 1 aromatic heterocycles. The van der Waals surface area contributed by atoms with E-state index in [0.717, 1.165) is 22.4 Å². The highest BCUT2D eigenvalue weighted by Crippen LogP contribution is 2.30. The predicted molar refractivity (Wildman–Crippen MR) is 77.7 cm³/mol. The summed E-state index contributed by atoms with van der Waals surface area (Å²) < 4.78 is 5.85. The van der Waals surface area contributed by atoms with Crippen LogP contribution in [0.4, 0.5) is 5.69 Å². The molecule has 0 saturated carbocycles. The van der Waals surface area contributed by atoms with Crippen molar-refractivity contribution < 1.29 is 4.74 Å². The second kappa shape index (κ2) is 4.78. The molecule has 0 radical (unpaired) electrons. The van der Waals surface area contributed by atoms with Crippen molar-refractivity contribution >= 4 is 28.2 Å². The molecule has 3 aromatic rings. The third-order valence-corrected chi connectivity index (χ3v) is 3.02. The summed E-state index contributed by atoms with van der Waals surface area (Å²) in [5.74, 6) is 1.47. The molecule has 0 unspecified atom stereocenters. The Labute approximate surface area is 115 Å². The van der Waals surface area contributed by atoms with Crippen molar-refractivity contribution in [2.75, 3.05) is 5.73 Å². The van der Waals surface area contributed by atoms with E-state index in [1.807, 2.05) is 36.4 Å². The second-order valence-electron chi connectivity index (χ2n) is 4.14. The van der Waals surface area contributed by atoms with Gasteiger partial charge >= 0.3 is 0 Å². The Morgan fingerprint density at radius 2 is 1.79 bits per heavy atom. The predicted octanol–water partition coefficient (Wildman–Crippen LogP) is 4.26. The van der Waals surface area contributed by atoms with Crippen LogP contribution in [-0.2, 0) is 0 Å². The molecule has 0 atom stereocenters. The van der Waals surface area contributed by atoms with Crippen molar-refractivity contribution in [2.24, 2.45) is 0 Å². The largest absolute Gasteiger partial charge is 0.457 e. The van der Waals surface area contributed by atoms with Gasteiger partial charge in [-0.05, 0) is 48.5 Å². The molecule has 0 aliphatic carbocycles. The average molecular weight is 271 g/mol. The fourth-order valence-corrected chi connectivity index (χ4v) is 1.98. The summed E-state index contributed by atoms with van der Waals surface area (Å²) in [4.78, 5) is 4.28. The number of hydrogen-bond acceptors (Lipinski definition) is 3. The zero-order chi connectivity index (χ0) is 13.2. The van der Waals surface area contributed by atoms with Gasteiger partial charge in [-0.25, -0.2) is 0 Å². The maximum absolute atomic E-state index is 5.85. The maximum atomic E-state index is 5.85. The van der Waals surface area contributed by atoms with Crippen LogP contribution in [-0.4, -0.2) is 4.98 Å². The molecule has 19 heavy (non-hydrogen) atoms. The number of ether oxygens (including phenoxy) is 1. The number of anilines is 1. The maximum Gasteiger partial charge on any atom is 0.138 e. The number of nitrogen functional groups attached to an aromatic ring is 1. The summed E-state index contributed by atoms with van der Waals surface area (Å²) in [6.07, 6.45) is 1.70. The lowest BCUT2D eigenvalue weighted by Gasteiger charge is -2.08. The van der Waals surface area contributed by atoms with Crippen LogP contribution in [0.1, 0.15) is 0 Å². The van der Waals surface area contributed by atoms with E-state index >= 15 is 0 Å². The fraction of sp³-hybridized carbons (Fsp3) is 0. The third kappa shape index (κ3) is 2.46. The number of fused-ring (bicyclic) bond motifs is 1. The standard InChI is InChI=1S/C15H11ClN2O/c16-10-1-4-12(5-2-10)19-15-7-8-18-14-9-11(17)3-6-13(14)15/h1-9H,17H2. The van der Waals surface area contributed by atoms with E-state index in [-0.39, 0.29) is 0 Å². The van der Waals surface area contributed by atoms with Gasteiger partial charge in [-0.15, -0.1) is 0 Å². The van der Waals surface area contributed by atoms with Crippen molar-refractivity contribution in [1.82, 2.24) is 4.98 Å². The first-order chi connectivity index (χ1) is 9.22. The van der Waals surface area contributed by atoms with Crippen molar-refractivity contribution in [3.05, 3.63) is 59.8 Å². The quantitative estimate of drug-likeness (QED) is 0.708. The van der Waals surface area contributed by atoms with Gasteiger partial charge in [0.1, 0.15) is 11.5 Å². The molecule has 0 fully saturated rings. The molecule has 4 heteroatoms. The Morgan fingerprint density at radius 1 is 1.00 bits per heavy atom. The van der Waals surface area contributed by atoms with Crippen LogP contribution in [0.25, 0.3) is 10.9 Å². The van der Waals surface area contributed by atoms with Gasteiger partial charge in [0.15, 0.2) is 0 Å². The Balaban J connectivity index is 2.03. The minimum atomic E-state index is 0.680. The first-order valence-corrected chi connectivity index (χ1v) is 6.18. The fourth-order valence-electron chi connectivity index (χ4n) is 1.86. The Bertz CT molecular complexity index is 726. The number of nitrogens with zero attached hydrogens (tertiary/aromatic N) is 1. The minimum absolute atomic E-state index is 0.680. The van der Waals surface area contributed by atoms with Gasteiger partial charge < -0.3 is 10.5 Å². The van der Waals surface area contributed by atoms with Gasteiger partial charge in [-0.2, -0.15) is 0 Å². The number of benzene rings is 2. The zero-order valence-electron chi connectivity index (χ0n) is 10.0. The first-order valence-electron chi connectivity index (χ1n) is 5.80. The van der Waals surface area contributed by atoms with Gasteiger partial charge in [-0.3, -0.25) is 4.98 Å². The molecule has 0 spiro atoms. The van der Waals surface area contributed by atoms with E-state index in [1.165, 1.54) is 0 Å². The topological polar surface area (TPSA) is 48.1 Å². The third-order valence-electron chi connectivity index (χ3n) is 2.77. The number of pyridine rings is 1. The minimum Gasteiger partial charge on any atom is -0.457 e. The molecule has 2 aromatic carbocycles. The van der Waals surface area contributed by atoms with Gasteiger partial charge in [0.25, 0.3) is 0 Å². The highest BCUT2D eigenvalue weighted by molar-refractivity contribution is 6.30. The smallest absolute Gasteiger partial charge is 0.138 e. The van der Waals surface area contributed by atoms with Crippen LogP contribution < -0.4 is 10.5 Å². The SMILES string of the molecule is Nc1ccc2c(Oc3ccc(Cl)cc3)ccnc2c1. The van der Waals surface area contributed by atoms with Crippen molar-refractivity contribution in [1.29, 1.82) is 0 Å². The summed E-state index contributed by atoms with van der Waals surface area (Å²) in [5, 5.41) is 1.60. The number of aromatic nitrogens is 1. The highest BCUT2D eigenvalue weighted by Gasteiger charge is 2.04. The van der Waals surface area contributed by atoms with E-state index in [0.29, 0.717) is 10.7 Å². The number of hydrogen-bond donors (Lipinski definition) is 1. The summed E-state index contributed by atoms with van der Waals surface area (Å²) in [6, 6.07) is 14.6. The molecule has 0 aliphatic heterocycles. The van der Waals surface area contributed by atoms with Crippen LogP contribution in [0, 0.1) is 0 Å². The second-order valence-corrected chi connectivity index (χ2v) is 4.58. The van der Waals surface area contributed by atoms with Crippen molar-refractivity contribution in [2.45, 2.75) is 0 Å². The van der Waals surface area contributed by atoms with Crippen LogP contribution in [0.3, 0.4) is 0 Å². The summed E-state index contributed by atoms with van der Waals surface area (Å²) in [5.41, 5.74) is 7.24. The molecule has 94 valence electrons. The molecule has 0 aliphatic rings. The Hall–Kier alpha value is -2.26. The van der Waals surface area contributed by atoms with E-state index in [9.17, 15) is 0 Å². The van der Waals surface area contributed by atoms with Gasteiger partial charge in [0, 0.05) is 22.3 Å². The highest BCUT2D eigenvalue weighted by atomic mass is 35.5. The normalized spacial score (nSPS) is 10.6. The molecule has 3 rings (SSSR count). The van der Waals surface area contributed by atoms with Crippen LogP contribution in [0.5, 0.6) is 11.5 Å². The van der Waals surface area contributed by atoms with Gasteiger partial charge in [0.2, 0.25) is 0 Å². The van der Waals surface area contributed by atoms with E-state index in [2.05, 4.69) is 4.98 Å². The summed E-state index contributed by atoms with van der Waals surface area (Å²) in [7, 11) is 0.